The highest BCUT2D eigenvalue weighted by atomic mass is 79.9. The van der Waals surface area contributed by atoms with E-state index in [1.165, 1.54) is 0 Å². The van der Waals surface area contributed by atoms with Gasteiger partial charge < -0.3 is 4.74 Å². The summed E-state index contributed by atoms with van der Waals surface area (Å²) in [7, 11) is -1.87. The maximum Gasteiger partial charge on any atom is 0.240 e. The van der Waals surface area contributed by atoms with Crippen molar-refractivity contribution in [3.8, 4) is 0 Å². The molecule has 0 spiro atoms. The molecule has 112 valence electrons. The van der Waals surface area contributed by atoms with Gasteiger partial charge in [-0.2, -0.15) is 0 Å². The van der Waals surface area contributed by atoms with E-state index in [1.54, 1.807) is 31.4 Å². The van der Waals surface area contributed by atoms with Crippen molar-refractivity contribution in [1.29, 1.82) is 0 Å². The number of hydrogen-bond acceptors (Lipinski definition) is 3. The Balaban J connectivity index is 2.08. The maximum atomic E-state index is 12.2. The second kappa shape index (κ2) is 7.17. The van der Waals surface area contributed by atoms with Crippen LogP contribution in [0.5, 0.6) is 0 Å². The Morgan fingerprint density at radius 2 is 1.76 bits per heavy atom. The SMILES string of the molecule is COCc1cccc(CNS(=O)(=O)c2ccc(Br)cc2)c1. The molecule has 0 aromatic heterocycles. The van der Waals surface area contributed by atoms with Gasteiger partial charge in [0.2, 0.25) is 10.0 Å². The first-order chi connectivity index (χ1) is 10.0. The molecule has 1 N–H and O–H groups in total. The van der Waals surface area contributed by atoms with Crippen LogP contribution in [0.1, 0.15) is 11.1 Å². The predicted molar refractivity (Wildman–Crippen MR) is 85.3 cm³/mol. The molecule has 0 aliphatic rings. The minimum absolute atomic E-state index is 0.246. The van der Waals surface area contributed by atoms with Gasteiger partial charge in [-0.05, 0) is 35.4 Å². The normalized spacial score (nSPS) is 11.5. The molecule has 2 aromatic rings. The Bertz CT molecular complexity index is 699. The number of halogens is 1. The summed E-state index contributed by atoms with van der Waals surface area (Å²) < 4.78 is 32.9. The van der Waals surface area contributed by atoms with Crippen LogP contribution in [-0.2, 0) is 27.9 Å². The minimum Gasteiger partial charge on any atom is -0.380 e. The highest BCUT2D eigenvalue weighted by molar-refractivity contribution is 9.10. The molecule has 0 atom stereocenters. The molecule has 0 amide bonds. The van der Waals surface area contributed by atoms with Gasteiger partial charge in [-0.1, -0.05) is 40.2 Å². The van der Waals surface area contributed by atoms with E-state index in [0.717, 1.165) is 15.6 Å². The third kappa shape index (κ3) is 4.64. The van der Waals surface area contributed by atoms with Crippen LogP contribution in [-0.4, -0.2) is 15.5 Å². The molecule has 0 fully saturated rings. The van der Waals surface area contributed by atoms with E-state index < -0.39 is 10.0 Å². The number of sulfonamides is 1. The lowest BCUT2D eigenvalue weighted by atomic mass is 10.1. The first-order valence-electron chi connectivity index (χ1n) is 6.33. The van der Waals surface area contributed by atoms with Gasteiger partial charge in [0.25, 0.3) is 0 Å². The van der Waals surface area contributed by atoms with Crippen LogP contribution in [0.4, 0.5) is 0 Å². The topological polar surface area (TPSA) is 55.4 Å². The Kier molecular flexibility index (Phi) is 5.52. The number of nitrogens with one attached hydrogen (secondary N) is 1. The van der Waals surface area contributed by atoms with Gasteiger partial charge in [0.1, 0.15) is 0 Å². The second-order valence-electron chi connectivity index (χ2n) is 4.53. The molecule has 2 aromatic carbocycles. The highest BCUT2D eigenvalue weighted by Crippen LogP contribution is 2.15. The Labute approximate surface area is 133 Å². The molecule has 0 radical (unpaired) electrons. The summed E-state index contributed by atoms with van der Waals surface area (Å²) in [6, 6.07) is 14.2. The van der Waals surface area contributed by atoms with Gasteiger partial charge in [0.05, 0.1) is 11.5 Å². The van der Waals surface area contributed by atoms with Crippen LogP contribution in [0.25, 0.3) is 0 Å². The molecular formula is C15H16BrNO3S. The zero-order chi connectivity index (χ0) is 15.3. The van der Waals surface area contributed by atoms with Gasteiger partial charge >= 0.3 is 0 Å². The number of methoxy groups -OCH3 is 1. The molecule has 4 nitrogen and oxygen atoms in total. The molecule has 0 saturated heterocycles. The van der Waals surface area contributed by atoms with Gasteiger partial charge in [-0.25, -0.2) is 13.1 Å². The van der Waals surface area contributed by atoms with Crippen LogP contribution in [0.2, 0.25) is 0 Å². The Morgan fingerprint density at radius 1 is 1.10 bits per heavy atom. The number of ether oxygens (including phenoxy) is 1. The molecule has 0 aliphatic heterocycles. The van der Waals surface area contributed by atoms with Crippen molar-refractivity contribution in [2.75, 3.05) is 7.11 Å². The van der Waals surface area contributed by atoms with Crippen molar-refractivity contribution in [3.63, 3.8) is 0 Å². The maximum absolute atomic E-state index is 12.2. The van der Waals surface area contributed by atoms with Gasteiger partial charge in [-0.15, -0.1) is 0 Å². The van der Waals surface area contributed by atoms with Crippen LogP contribution >= 0.6 is 15.9 Å². The minimum atomic E-state index is -3.50. The first-order valence-corrected chi connectivity index (χ1v) is 8.61. The molecule has 0 saturated carbocycles. The van der Waals surface area contributed by atoms with Crippen molar-refractivity contribution in [2.24, 2.45) is 0 Å². The van der Waals surface area contributed by atoms with E-state index in [1.807, 2.05) is 24.3 Å². The summed E-state index contributed by atoms with van der Waals surface area (Å²) in [5.41, 5.74) is 1.91. The summed E-state index contributed by atoms with van der Waals surface area (Å²) in [5, 5.41) is 0. The van der Waals surface area contributed by atoms with E-state index in [2.05, 4.69) is 20.7 Å². The van der Waals surface area contributed by atoms with Gasteiger partial charge in [-0.3, -0.25) is 0 Å². The molecule has 0 aliphatic carbocycles. The number of benzene rings is 2. The molecule has 2 rings (SSSR count). The fourth-order valence-corrected chi connectivity index (χ4v) is 3.15. The highest BCUT2D eigenvalue weighted by Gasteiger charge is 2.13. The quantitative estimate of drug-likeness (QED) is 0.850. The average molecular weight is 370 g/mol. The van der Waals surface area contributed by atoms with E-state index in [-0.39, 0.29) is 11.4 Å². The number of hydrogen-bond donors (Lipinski definition) is 1. The monoisotopic (exact) mass is 369 g/mol. The first kappa shape index (κ1) is 16.2. The predicted octanol–water partition coefficient (Wildman–Crippen LogP) is 3.07. The van der Waals surface area contributed by atoms with Gasteiger partial charge in [0, 0.05) is 18.1 Å². The summed E-state index contributed by atoms with van der Waals surface area (Å²) >= 11 is 3.28. The number of rotatable bonds is 6. The molecule has 0 bridgehead atoms. The fraction of sp³-hybridized carbons (Fsp3) is 0.200. The van der Waals surface area contributed by atoms with Crippen molar-refractivity contribution in [3.05, 3.63) is 64.1 Å². The molecule has 6 heteroatoms. The smallest absolute Gasteiger partial charge is 0.240 e. The van der Waals surface area contributed by atoms with Gasteiger partial charge in [0.15, 0.2) is 0 Å². The molecule has 0 heterocycles. The third-order valence-electron chi connectivity index (χ3n) is 2.89. The van der Waals surface area contributed by atoms with Crippen molar-refractivity contribution in [2.45, 2.75) is 18.0 Å². The van der Waals surface area contributed by atoms with Crippen LogP contribution in [0.15, 0.2) is 57.9 Å². The van der Waals surface area contributed by atoms with Crippen LogP contribution in [0.3, 0.4) is 0 Å². The van der Waals surface area contributed by atoms with Crippen molar-refractivity contribution < 1.29 is 13.2 Å². The van der Waals surface area contributed by atoms with E-state index in [4.69, 9.17) is 4.74 Å². The summed E-state index contributed by atoms with van der Waals surface area (Å²) in [6.07, 6.45) is 0. The van der Waals surface area contributed by atoms with Crippen LogP contribution in [0, 0.1) is 0 Å². The van der Waals surface area contributed by atoms with E-state index in [9.17, 15) is 8.42 Å². The molecule has 21 heavy (non-hydrogen) atoms. The lowest BCUT2D eigenvalue weighted by molar-refractivity contribution is 0.185. The molecule has 0 unspecified atom stereocenters. The van der Waals surface area contributed by atoms with Crippen LogP contribution < -0.4 is 4.72 Å². The van der Waals surface area contributed by atoms with E-state index >= 15 is 0 Å². The van der Waals surface area contributed by atoms with Crippen molar-refractivity contribution in [1.82, 2.24) is 4.72 Å². The summed E-state index contributed by atoms with van der Waals surface area (Å²) in [4.78, 5) is 0.249. The zero-order valence-electron chi connectivity index (χ0n) is 11.5. The second-order valence-corrected chi connectivity index (χ2v) is 7.21. The largest absolute Gasteiger partial charge is 0.380 e. The Morgan fingerprint density at radius 3 is 2.43 bits per heavy atom. The zero-order valence-corrected chi connectivity index (χ0v) is 13.9. The Hall–Kier alpha value is -1.21. The summed E-state index contributed by atoms with van der Waals surface area (Å²) in [6.45, 7) is 0.753. The summed E-state index contributed by atoms with van der Waals surface area (Å²) in [5.74, 6) is 0. The lowest BCUT2D eigenvalue weighted by Gasteiger charge is -2.08. The van der Waals surface area contributed by atoms with Crippen molar-refractivity contribution >= 4 is 26.0 Å². The standard InChI is InChI=1S/C15H16BrNO3S/c1-20-11-13-4-2-3-12(9-13)10-17-21(18,19)15-7-5-14(16)6-8-15/h2-9,17H,10-11H2,1H3. The lowest BCUT2D eigenvalue weighted by Crippen LogP contribution is -2.23. The third-order valence-corrected chi connectivity index (χ3v) is 4.84. The fourth-order valence-electron chi connectivity index (χ4n) is 1.87. The van der Waals surface area contributed by atoms with E-state index in [0.29, 0.717) is 6.61 Å². The molecular weight excluding hydrogens is 354 g/mol. The average Bonchev–Trinajstić information content (AvgIpc) is 2.47.